The molecule has 21 heavy (non-hydrogen) atoms. The third-order valence-electron chi connectivity index (χ3n) is 3.07. The van der Waals surface area contributed by atoms with Crippen molar-refractivity contribution in [3.8, 4) is 0 Å². The lowest BCUT2D eigenvalue weighted by Crippen LogP contribution is -2.17. The first-order valence-electron chi connectivity index (χ1n) is 6.45. The van der Waals surface area contributed by atoms with Crippen LogP contribution in [0.5, 0.6) is 0 Å². The van der Waals surface area contributed by atoms with Gasteiger partial charge in [-0.3, -0.25) is 10.1 Å². The van der Waals surface area contributed by atoms with E-state index < -0.39 is 16.4 Å². The van der Waals surface area contributed by atoms with Crippen LogP contribution in [0.1, 0.15) is 11.1 Å². The van der Waals surface area contributed by atoms with E-state index in [1.54, 1.807) is 0 Å². The Labute approximate surface area is 126 Å². The molecule has 110 valence electrons. The van der Waals surface area contributed by atoms with Crippen LogP contribution in [0.25, 0.3) is 0 Å². The molecule has 2 aromatic carbocycles. The summed E-state index contributed by atoms with van der Waals surface area (Å²) in [5.74, 6) is -0.776. The number of benzene rings is 2. The molecule has 0 atom stereocenters. The van der Waals surface area contributed by atoms with Crippen LogP contribution < -0.4 is 5.32 Å². The third-order valence-corrected chi connectivity index (χ3v) is 3.33. The van der Waals surface area contributed by atoms with E-state index >= 15 is 0 Å². The van der Waals surface area contributed by atoms with Crippen molar-refractivity contribution >= 4 is 17.3 Å². The molecule has 0 aliphatic carbocycles. The molecule has 0 aliphatic rings. The quantitative estimate of drug-likeness (QED) is 0.503. The molecule has 0 spiro atoms. The van der Waals surface area contributed by atoms with Gasteiger partial charge in [-0.15, -0.1) is 0 Å². The van der Waals surface area contributed by atoms with Gasteiger partial charge in [-0.2, -0.15) is 4.39 Å². The fourth-order valence-corrected chi connectivity index (χ4v) is 2.08. The highest BCUT2D eigenvalue weighted by atomic mass is 35.5. The van der Waals surface area contributed by atoms with Gasteiger partial charge < -0.3 is 5.32 Å². The minimum absolute atomic E-state index is 0.251. The Morgan fingerprint density at radius 3 is 2.57 bits per heavy atom. The van der Waals surface area contributed by atoms with Gasteiger partial charge in [0.15, 0.2) is 0 Å². The van der Waals surface area contributed by atoms with Crippen molar-refractivity contribution in [3.05, 3.63) is 74.5 Å². The molecule has 0 fully saturated rings. The minimum atomic E-state index is -0.776. The summed E-state index contributed by atoms with van der Waals surface area (Å²) in [5, 5.41) is 14.4. The normalized spacial score (nSPS) is 10.6. The smallest absolute Gasteiger partial charge is 0.305 e. The number of halogens is 2. The summed E-state index contributed by atoms with van der Waals surface area (Å²) >= 11 is 5.80. The number of hydrogen-bond acceptors (Lipinski definition) is 3. The van der Waals surface area contributed by atoms with Crippen molar-refractivity contribution in [1.82, 2.24) is 5.32 Å². The summed E-state index contributed by atoms with van der Waals surface area (Å²) < 4.78 is 13.8. The molecule has 4 nitrogen and oxygen atoms in total. The van der Waals surface area contributed by atoms with E-state index in [0.717, 1.165) is 18.1 Å². The molecule has 2 aromatic rings. The molecule has 0 radical (unpaired) electrons. The molecular formula is C15H14ClFN2O2. The Morgan fingerprint density at radius 2 is 1.90 bits per heavy atom. The number of hydrogen-bond donors (Lipinski definition) is 1. The Kier molecular flexibility index (Phi) is 5.25. The van der Waals surface area contributed by atoms with Crippen molar-refractivity contribution in [2.45, 2.75) is 13.0 Å². The van der Waals surface area contributed by atoms with Crippen LogP contribution in [0.2, 0.25) is 5.02 Å². The van der Waals surface area contributed by atoms with Gasteiger partial charge in [-0.05, 0) is 30.7 Å². The Morgan fingerprint density at radius 1 is 1.19 bits per heavy atom. The highest BCUT2D eigenvalue weighted by Crippen LogP contribution is 2.19. The molecule has 2 rings (SSSR count). The summed E-state index contributed by atoms with van der Waals surface area (Å²) in [6.07, 6.45) is 0.772. The zero-order chi connectivity index (χ0) is 15.2. The van der Waals surface area contributed by atoms with Gasteiger partial charge >= 0.3 is 5.69 Å². The summed E-state index contributed by atoms with van der Waals surface area (Å²) in [5.41, 5.74) is 0.915. The second kappa shape index (κ2) is 7.15. The second-order valence-electron chi connectivity index (χ2n) is 4.56. The summed E-state index contributed by atoms with van der Waals surface area (Å²) in [6.45, 7) is 0.894. The molecule has 0 unspecified atom stereocenters. The van der Waals surface area contributed by atoms with Gasteiger partial charge in [0.25, 0.3) is 0 Å². The van der Waals surface area contributed by atoms with E-state index in [1.807, 2.05) is 24.3 Å². The first kappa shape index (κ1) is 15.4. The average Bonchev–Trinajstić information content (AvgIpc) is 2.46. The minimum Gasteiger partial charge on any atom is -0.312 e. The molecule has 0 aliphatic heterocycles. The number of rotatable bonds is 6. The van der Waals surface area contributed by atoms with E-state index in [0.29, 0.717) is 17.1 Å². The first-order valence-corrected chi connectivity index (χ1v) is 6.82. The van der Waals surface area contributed by atoms with Gasteiger partial charge in [0, 0.05) is 23.2 Å². The van der Waals surface area contributed by atoms with Crippen LogP contribution in [0.15, 0.2) is 42.5 Å². The van der Waals surface area contributed by atoms with E-state index in [2.05, 4.69) is 5.32 Å². The number of nitro groups is 1. The summed E-state index contributed by atoms with van der Waals surface area (Å²) in [6, 6.07) is 11.7. The molecule has 1 N–H and O–H groups in total. The van der Waals surface area contributed by atoms with Gasteiger partial charge in [0.05, 0.1) is 4.92 Å². The molecule has 0 saturated heterocycles. The van der Waals surface area contributed by atoms with Crippen LogP contribution >= 0.6 is 11.6 Å². The monoisotopic (exact) mass is 308 g/mol. The summed E-state index contributed by atoms with van der Waals surface area (Å²) in [4.78, 5) is 9.94. The van der Waals surface area contributed by atoms with Crippen molar-refractivity contribution in [1.29, 1.82) is 0 Å². The van der Waals surface area contributed by atoms with E-state index in [9.17, 15) is 14.5 Å². The fraction of sp³-hybridized carbons (Fsp3) is 0.200. The largest absolute Gasteiger partial charge is 0.312 e. The maximum absolute atomic E-state index is 13.8. The SMILES string of the molecule is O=[N+]([O-])c1cccc(CNCCc2ccc(Cl)cc2)c1F. The third kappa shape index (κ3) is 4.24. The van der Waals surface area contributed by atoms with Crippen molar-refractivity contribution in [3.63, 3.8) is 0 Å². The van der Waals surface area contributed by atoms with Crippen LogP contribution in [-0.2, 0) is 13.0 Å². The topological polar surface area (TPSA) is 55.2 Å². The van der Waals surface area contributed by atoms with Crippen LogP contribution in [0.3, 0.4) is 0 Å². The predicted octanol–water partition coefficient (Wildman–Crippen LogP) is 3.72. The van der Waals surface area contributed by atoms with E-state index in [-0.39, 0.29) is 6.54 Å². The Balaban J connectivity index is 1.88. The zero-order valence-corrected chi connectivity index (χ0v) is 11.9. The van der Waals surface area contributed by atoms with Crippen LogP contribution in [0.4, 0.5) is 10.1 Å². The molecule has 0 amide bonds. The standard InChI is InChI=1S/C15H14ClFN2O2/c16-13-6-4-11(5-7-13)8-9-18-10-12-2-1-3-14(15(12)17)19(20)21/h1-7,18H,8-10H2. The average molecular weight is 309 g/mol. The summed E-state index contributed by atoms with van der Waals surface area (Å²) in [7, 11) is 0. The number of nitrogens with one attached hydrogen (secondary N) is 1. The lowest BCUT2D eigenvalue weighted by Gasteiger charge is -2.06. The first-order chi connectivity index (χ1) is 10.1. The molecule has 0 bridgehead atoms. The fourth-order valence-electron chi connectivity index (χ4n) is 1.95. The van der Waals surface area contributed by atoms with E-state index in [4.69, 9.17) is 11.6 Å². The molecular weight excluding hydrogens is 295 g/mol. The number of nitrogens with zero attached hydrogens (tertiary/aromatic N) is 1. The van der Waals surface area contributed by atoms with Gasteiger partial charge in [-0.1, -0.05) is 35.9 Å². The van der Waals surface area contributed by atoms with Crippen molar-refractivity contribution in [2.75, 3.05) is 6.54 Å². The van der Waals surface area contributed by atoms with Crippen LogP contribution in [0, 0.1) is 15.9 Å². The molecule has 6 heteroatoms. The highest BCUT2D eigenvalue weighted by molar-refractivity contribution is 6.30. The highest BCUT2D eigenvalue weighted by Gasteiger charge is 2.16. The lowest BCUT2D eigenvalue weighted by molar-refractivity contribution is -0.387. The maximum atomic E-state index is 13.8. The zero-order valence-electron chi connectivity index (χ0n) is 11.2. The van der Waals surface area contributed by atoms with Gasteiger partial charge in [0.1, 0.15) is 0 Å². The van der Waals surface area contributed by atoms with Gasteiger partial charge in [-0.25, -0.2) is 0 Å². The maximum Gasteiger partial charge on any atom is 0.305 e. The van der Waals surface area contributed by atoms with Crippen molar-refractivity contribution < 1.29 is 9.31 Å². The lowest BCUT2D eigenvalue weighted by atomic mass is 10.1. The predicted molar refractivity (Wildman–Crippen MR) is 79.9 cm³/mol. The molecule has 0 saturated carbocycles. The van der Waals surface area contributed by atoms with E-state index in [1.165, 1.54) is 12.1 Å². The van der Waals surface area contributed by atoms with Crippen molar-refractivity contribution in [2.24, 2.45) is 0 Å². The Hall–Kier alpha value is -1.98. The Bertz CT molecular complexity index is 632. The van der Waals surface area contributed by atoms with Crippen LogP contribution in [-0.4, -0.2) is 11.5 Å². The second-order valence-corrected chi connectivity index (χ2v) is 5.00. The molecule has 0 heterocycles. The van der Waals surface area contributed by atoms with Gasteiger partial charge in [0.2, 0.25) is 5.82 Å². The molecule has 0 aromatic heterocycles. The number of nitro benzene ring substituents is 1.